The van der Waals surface area contributed by atoms with Crippen molar-refractivity contribution in [2.24, 2.45) is 0 Å². The molecule has 1 aliphatic heterocycles. The van der Waals surface area contributed by atoms with E-state index in [9.17, 15) is 0 Å². The summed E-state index contributed by atoms with van der Waals surface area (Å²) in [5.41, 5.74) is 6.52. The molecule has 4 aromatic rings. The lowest BCUT2D eigenvalue weighted by atomic mass is 9.96. The molecule has 0 bridgehead atoms. The highest BCUT2D eigenvalue weighted by Crippen LogP contribution is 2.43. The van der Waals surface area contributed by atoms with Gasteiger partial charge in [-0.05, 0) is 98.7 Å². The number of hydrogen-bond donors (Lipinski definition) is 1. The fraction of sp³-hybridized carbons (Fsp3) is 0.192. The Balaban J connectivity index is 1.68. The van der Waals surface area contributed by atoms with Crippen LogP contribution < -0.4 is 10.2 Å². The van der Waals surface area contributed by atoms with Crippen molar-refractivity contribution in [2.75, 3.05) is 4.90 Å². The van der Waals surface area contributed by atoms with E-state index in [0.29, 0.717) is 10.1 Å². The lowest BCUT2D eigenvalue weighted by molar-refractivity contribution is 0.565. The van der Waals surface area contributed by atoms with Crippen LogP contribution >= 0.6 is 23.8 Å². The van der Waals surface area contributed by atoms with Crippen LogP contribution in [0.1, 0.15) is 40.3 Å². The van der Waals surface area contributed by atoms with E-state index in [1.54, 1.807) is 0 Å². The largest absolute Gasteiger partial charge is 0.351 e. The maximum absolute atomic E-state index is 6.18. The molecule has 1 N–H and O–H groups in total. The summed E-state index contributed by atoms with van der Waals surface area (Å²) >= 11 is 12.0. The smallest absolute Gasteiger partial charge is 0.174 e. The van der Waals surface area contributed by atoms with Gasteiger partial charge in [0.15, 0.2) is 5.11 Å². The number of aromatic nitrogens is 3. The van der Waals surface area contributed by atoms with Gasteiger partial charge in [-0.3, -0.25) is 4.98 Å². The van der Waals surface area contributed by atoms with Crippen molar-refractivity contribution in [3.05, 3.63) is 106 Å². The second-order valence-corrected chi connectivity index (χ2v) is 9.15. The van der Waals surface area contributed by atoms with E-state index in [1.807, 2.05) is 60.9 Å². The molecule has 4 heterocycles. The van der Waals surface area contributed by atoms with Crippen LogP contribution in [0.25, 0.3) is 5.82 Å². The van der Waals surface area contributed by atoms with Crippen LogP contribution in [-0.4, -0.2) is 19.6 Å². The van der Waals surface area contributed by atoms with Gasteiger partial charge in [-0.2, -0.15) is 0 Å². The van der Waals surface area contributed by atoms with Crippen LogP contribution in [0.2, 0.25) is 5.02 Å². The van der Waals surface area contributed by atoms with Crippen molar-refractivity contribution in [1.29, 1.82) is 0 Å². The summed E-state index contributed by atoms with van der Waals surface area (Å²) in [7, 11) is 0. The molecule has 5 rings (SSSR count). The molecule has 0 radical (unpaired) electrons. The fourth-order valence-electron chi connectivity index (χ4n) is 4.63. The summed E-state index contributed by atoms with van der Waals surface area (Å²) < 4.78 is 2.21. The van der Waals surface area contributed by atoms with Gasteiger partial charge < -0.3 is 14.8 Å². The third-order valence-corrected chi connectivity index (χ3v) is 6.69. The molecule has 0 spiro atoms. The molecule has 1 aliphatic rings. The first-order chi connectivity index (χ1) is 15.9. The zero-order chi connectivity index (χ0) is 23.1. The lowest BCUT2D eigenvalue weighted by Crippen LogP contribution is -2.29. The monoisotopic (exact) mass is 473 g/mol. The molecule has 0 aliphatic carbocycles. The Labute approximate surface area is 204 Å². The summed E-state index contributed by atoms with van der Waals surface area (Å²) in [4.78, 5) is 11.5. The quantitative estimate of drug-likeness (QED) is 0.367. The van der Waals surface area contributed by atoms with E-state index in [4.69, 9.17) is 23.8 Å². The molecule has 0 saturated carbocycles. The van der Waals surface area contributed by atoms with E-state index in [0.717, 1.165) is 28.6 Å². The first kappa shape index (κ1) is 21.6. The molecular formula is C26H24ClN5S. The minimum atomic E-state index is -0.103. The Kier molecular flexibility index (Phi) is 5.64. The number of nitrogens with zero attached hydrogens (tertiary/aromatic N) is 4. The van der Waals surface area contributed by atoms with Crippen molar-refractivity contribution >= 4 is 34.6 Å². The number of thiocarbonyl (C=S) groups is 1. The Morgan fingerprint density at radius 3 is 2.42 bits per heavy atom. The van der Waals surface area contributed by atoms with E-state index in [2.05, 4.69) is 57.7 Å². The van der Waals surface area contributed by atoms with Gasteiger partial charge in [0.1, 0.15) is 5.82 Å². The van der Waals surface area contributed by atoms with Gasteiger partial charge in [-0.25, -0.2) is 4.98 Å². The predicted octanol–water partition coefficient (Wildman–Crippen LogP) is 6.02. The minimum absolute atomic E-state index is 0.0849. The highest BCUT2D eigenvalue weighted by Gasteiger charge is 2.42. The number of nitrogens with one attached hydrogen (secondary N) is 1. The second kappa shape index (κ2) is 8.61. The summed E-state index contributed by atoms with van der Waals surface area (Å²) in [6, 6.07) is 19.9. The zero-order valence-electron chi connectivity index (χ0n) is 18.7. The maximum atomic E-state index is 6.18. The van der Waals surface area contributed by atoms with Crippen LogP contribution in [-0.2, 0) is 0 Å². The molecule has 5 nitrogen and oxygen atoms in total. The highest BCUT2D eigenvalue weighted by atomic mass is 35.5. The highest BCUT2D eigenvalue weighted by molar-refractivity contribution is 7.80. The fourth-order valence-corrected chi connectivity index (χ4v) is 5.10. The first-order valence-corrected chi connectivity index (χ1v) is 11.6. The van der Waals surface area contributed by atoms with Gasteiger partial charge >= 0.3 is 0 Å². The van der Waals surface area contributed by atoms with E-state index in [1.165, 1.54) is 11.1 Å². The van der Waals surface area contributed by atoms with Crippen LogP contribution in [0, 0.1) is 20.8 Å². The Morgan fingerprint density at radius 2 is 1.73 bits per heavy atom. The van der Waals surface area contributed by atoms with E-state index >= 15 is 0 Å². The molecule has 1 fully saturated rings. The standard InChI is InChI=1S/C26H24ClN5S/c1-16-11-13-29-23(14-16)31-17(2)15-21(18(31)3)25-24(22-6-4-5-12-28-22)30-26(33)32(25)20-9-7-19(27)8-10-20/h4-15,24-25H,1-3H3,(H,30,33)/t24-,25-/m1/s1. The molecule has 1 aromatic carbocycles. The first-order valence-electron chi connectivity index (χ1n) is 10.8. The Hall–Kier alpha value is -3.22. The molecular weight excluding hydrogens is 450 g/mol. The lowest BCUT2D eigenvalue weighted by Gasteiger charge is -2.28. The number of benzene rings is 1. The van der Waals surface area contributed by atoms with Crippen LogP contribution in [0.15, 0.2) is 73.1 Å². The summed E-state index contributed by atoms with van der Waals surface area (Å²) in [5.74, 6) is 0.914. The van der Waals surface area contributed by atoms with Gasteiger partial charge in [-0.15, -0.1) is 0 Å². The van der Waals surface area contributed by atoms with Crippen LogP contribution in [0.4, 0.5) is 5.69 Å². The van der Waals surface area contributed by atoms with Crippen molar-refractivity contribution in [3.8, 4) is 5.82 Å². The zero-order valence-corrected chi connectivity index (χ0v) is 20.2. The number of aryl methyl sites for hydroxylation is 2. The van der Waals surface area contributed by atoms with Crippen LogP contribution in [0.5, 0.6) is 0 Å². The van der Waals surface area contributed by atoms with Gasteiger partial charge in [0.2, 0.25) is 0 Å². The molecule has 0 unspecified atom stereocenters. The summed E-state index contributed by atoms with van der Waals surface area (Å²) in [5, 5.41) is 4.88. The molecule has 1 saturated heterocycles. The number of halogens is 1. The second-order valence-electron chi connectivity index (χ2n) is 8.33. The SMILES string of the molecule is Cc1ccnc(-n2c(C)cc([C@@H]3[C@@H](c4ccccn4)NC(=S)N3c3ccc(Cl)cc3)c2C)c1. The average molecular weight is 474 g/mol. The summed E-state index contributed by atoms with van der Waals surface area (Å²) in [6.07, 6.45) is 3.67. The molecule has 7 heteroatoms. The normalized spacial score (nSPS) is 17.9. The van der Waals surface area contributed by atoms with Gasteiger partial charge in [0.05, 0.1) is 17.8 Å². The third-order valence-electron chi connectivity index (χ3n) is 6.12. The average Bonchev–Trinajstić information content (AvgIpc) is 3.30. The van der Waals surface area contributed by atoms with E-state index < -0.39 is 0 Å². The number of pyridine rings is 2. The topological polar surface area (TPSA) is 46.0 Å². The van der Waals surface area contributed by atoms with Gasteiger partial charge in [0, 0.05) is 34.5 Å². The number of rotatable bonds is 4. The third kappa shape index (κ3) is 3.90. The van der Waals surface area contributed by atoms with Gasteiger partial charge in [0.25, 0.3) is 0 Å². The van der Waals surface area contributed by atoms with Crippen molar-refractivity contribution in [3.63, 3.8) is 0 Å². The van der Waals surface area contributed by atoms with Crippen molar-refractivity contribution in [2.45, 2.75) is 32.9 Å². The van der Waals surface area contributed by atoms with Crippen LogP contribution in [0.3, 0.4) is 0 Å². The number of anilines is 1. The maximum Gasteiger partial charge on any atom is 0.174 e. The summed E-state index contributed by atoms with van der Waals surface area (Å²) in [6.45, 7) is 6.34. The molecule has 3 aromatic heterocycles. The van der Waals surface area contributed by atoms with Gasteiger partial charge in [-0.1, -0.05) is 17.7 Å². The van der Waals surface area contributed by atoms with Crippen molar-refractivity contribution < 1.29 is 0 Å². The molecule has 0 amide bonds. The van der Waals surface area contributed by atoms with Crippen molar-refractivity contribution in [1.82, 2.24) is 19.9 Å². The Morgan fingerprint density at radius 1 is 0.939 bits per heavy atom. The number of hydrogen-bond acceptors (Lipinski definition) is 3. The van der Waals surface area contributed by atoms with E-state index in [-0.39, 0.29) is 12.1 Å². The Bertz CT molecular complexity index is 1320. The minimum Gasteiger partial charge on any atom is -0.351 e. The predicted molar refractivity (Wildman–Crippen MR) is 137 cm³/mol. The molecule has 33 heavy (non-hydrogen) atoms. The molecule has 166 valence electrons. The molecule has 2 atom stereocenters.